The molecule has 4 nitrogen and oxygen atoms in total. The first-order valence-corrected chi connectivity index (χ1v) is 6.56. The average Bonchev–Trinajstić information content (AvgIpc) is 2.38. The Morgan fingerprint density at radius 3 is 2.37 bits per heavy atom. The van der Waals surface area contributed by atoms with Crippen molar-refractivity contribution in [1.82, 2.24) is 20.3 Å². The number of aryl methyl sites for hydroxylation is 2. The summed E-state index contributed by atoms with van der Waals surface area (Å²) >= 11 is 0. The Balaban J connectivity index is 2.32. The van der Waals surface area contributed by atoms with Crippen molar-refractivity contribution in [2.45, 2.75) is 40.3 Å². The van der Waals surface area contributed by atoms with Crippen LogP contribution in [0.3, 0.4) is 0 Å². The third-order valence-electron chi connectivity index (χ3n) is 3.03. The van der Waals surface area contributed by atoms with Gasteiger partial charge in [0.25, 0.3) is 0 Å². The van der Waals surface area contributed by atoms with Gasteiger partial charge in [0, 0.05) is 47.5 Å². The van der Waals surface area contributed by atoms with Gasteiger partial charge in [0.2, 0.25) is 0 Å². The number of hydrogen-bond donors (Lipinski definition) is 1. The second kappa shape index (κ2) is 5.89. The number of nitrogens with zero attached hydrogens (tertiary/aromatic N) is 3. The lowest BCUT2D eigenvalue weighted by atomic mass is 10.1. The normalized spacial score (nSPS) is 11.0. The van der Waals surface area contributed by atoms with E-state index in [-0.39, 0.29) is 0 Å². The first kappa shape index (κ1) is 13.6. The maximum Gasteiger partial charge on any atom is 0.161 e. The molecule has 0 atom stereocenters. The Morgan fingerprint density at radius 1 is 1.16 bits per heavy atom. The summed E-state index contributed by atoms with van der Waals surface area (Å²) < 4.78 is 0. The fraction of sp³-hybridized carbons (Fsp3) is 0.400. The van der Waals surface area contributed by atoms with Crippen LogP contribution in [0.2, 0.25) is 0 Å². The molecule has 0 radical (unpaired) electrons. The summed E-state index contributed by atoms with van der Waals surface area (Å²) in [5.74, 6) is 0.747. The summed E-state index contributed by atoms with van der Waals surface area (Å²) in [7, 11) is 0. The van der Waals surface area contributed by atoms with Crippen LogP contribution >= 0.6 is 0 Å². The molecule has 0 bridgehead atoms. The van der Waals surface area contributed by atoms with Crippen molar-refractivity contribution in [3.63, 3.8) is 0 Å². The van der Waals surface area contributed by atoms with Crippen molar-refractivity contribution < 1.29 is 0 Å². The molecule has 19 heavy (non-hydrogen) atoms. The molecule has 2 aromatic rings. The van der Waals surface area contributed by atoms with E-state index in [0.29, 0.717) is 6.04 Å². The van der Waals surface area contributed by atoms with Gasteiger partial charge in [-0.05, 0) is 26.0 Å². The van der Waals surface area contributed by atoms with Crippen LogP contribution in [-0.4, -0.2) is 21.0 Å². The fourth-order valence-electron chi connectivity index (χ4n) is 1.93. The second-order valence-corrected chi connectivity index (χ2v) is 4.97. The average molecular weight is 256 g/mol. The fourth-order valence-corrected chi connectivity index (χ4v) is 1.93. The third kappa shape index (κ3) is 3.35. The lowest BCUT2D eigenvalue weighted by Gasteiger charge is -2.13. The van der Waals surface area contributed by atoms with Crippen molar-refractivity contribution in [3.8, 4) is 11.4 Å². The standard InChI is InChI=1S/C15H20N4/c1-10(2)17-9-14-11(3)18-15(19-12(14)4)13-6-5-7-16-8-13/h5-8,10,17H,9H2,1-4H3. The van der Waals surface area contributed by atoms with E-state index in [9.17, 15) is 0 Å². The van der Waals surface area contributed by atoms with E-state index in [1.54, 1.807) is 12.4 Å². The molecule has 2 rings (SSSR count). The van der Waals surface area contributed by atoms with Gasteiger partial charge in [0.05, 0.1) is 0 Å². The topological polar surface area (TPSA) is 50.7 Å². The first-order chi connectivity index (χ1) is 9.08. The summed E-state index contributed by atoms with van der Waals surface area (Å²) in [6.45, 7) is 9.14. The Labute approximate surface area is 114 Å². The van der Waals surface area contributed by atoms with Crippen molar-refractivity contribution in [2.24, 2.45) is 0 Å². The van der Waals surface area contributed by atoms with E-state index in [4.69, 9.17) is 0 Å². The van der Waals surface area contributed by atoms with E-state index >= 15 is 0 Å². The predicted octanol–water partition coefficient (Wildman–Crippen LogP) is 2.65. The van der Waals surface area contributed by atoms with Crippen LogP contribution in [0, 0.1) is 13.8 Å². The summed E-state index contributed by atoms with van der Waals surface area (Å²) in [6, 6.07) is 4.34. The van der Waals surface area contributed by atoms with Gasteiger partial charge < -0.3 is 5.32 Å². The van der Waals surface area contributed by atoms with Gasteiger partial charge in [0.1, 0.15) is 0 Å². The maximum atomic E-state index is 4.59. The molecule has 0 amide bonds. The van der Waals surface area contributed by atoms with Crippen LogP contribution < -0.4 is 5.32 Å². The summed E-state index contributed by atoms with van der Waals surface area (Å²) in [5.41, 5.74) is 4.19. The van der Waals surface area contributed by atoms with Crippen molar-refractivity contribution in [1.29, 1.82) is 0 Å². The molecule has 0 aliphatic carbocycles. The van der Waals surface area contributed by atoms with Crippen LogP contribution in [0.5, 0.6) is 0 Å². The smallest absolute Gasteiger partial charge is 0.161 e. The predicted molar refractivity (Wildman–Crippen MR) is 76.7 cm³/mol. The quantitative estimate of drug-likeness (QED) is 0.913. The van der Waals surface area contributed by atoms with Gasteiger partial charge in [-0.3, -0.25) is 4.98 Å². The largest absolute Gasteiger partial charge is 0.310 e. The molecule has 0 unspecified atom stereocenters. The molecule has 0 saturated carbocycles. The highest BCUT2D eigenvalue weighted by Gasteiger charge is 2.10. The van der Waals surface area contributed by atoms with Gasteiger partial charge in [-0.2, -0.15) is 0 Å². The SMILES string of the molecule is Cc1nc(-c2cccnc2)nc(C)c1CNC(C)C. The molecule has 2 heterocycles. The molecule has 0 aromatic carbocycles. The zero-order valence-electron chi connectivity index (χ0n) is 11.9. The Hall–Kier alpha value is -1.81. The molecule has 100 valence electrons. The lowest BCUT2D eigenvalue weighted by Crippen LogP contribution is -2.23. The van der Waals surface area contributed by atoms with Gasteiger partial charge >= 0.3 is 0 Å². The van der Waals surface area contributed by atoms with Gasteiger partial charge in [-0.15, -0.1) is 0 Å². The molecule has 0 saturated heterocycles. The molecule has 0 spiro atoms. The van der Waals surface area contributed by atoms with Gasteiger partial charge in [0.15, 0.2) is 5.82 Å². The van der Waals surface area contributed by atoms with Crippen molar-refractivity contribution in [2.75, 3.05) is 0 Å². The molecule has 2 aromatic heterocycles. The molecular formula is C15H20N4. The molecular weight excluding hydrogens is 236 g/mol. The van der Waals surface area contributed by atoms with E-state index in [2.05, 4.69) is 34.1 Å². The zero-order chi connectivity index (χ0) is 13.8. The Morgan fingerprint density at radius 2 is 1.84 bits per heavy atom. The zero-order valence-corrected chi connectivity index (χ0v) is 11.9. The first-order valence-electron chi connectivity index (χ1n) is 6.56. The van der Waals surface area contributed by atoms with Crippen LogP contribution in [-0.2, 0) is 6.54 Å². The molecule has 0 aliphatic rings. The molecule has 1 N–H and O–H groups in total. The Bertz CT molecular complexity index is 526. The monoisotopic (exact) mass is 256 g/mol. The van der Waals surface area contributed by atoms with Crippen LogP contribution in [0.15, 0.2) is 24.5 Å². The van der Waals surface area contributed by atoms with Gasteiger partial charge in [-0.1, -0.05) is 13.8 Å². The van der Waals surface area contributed by atoms with Crippen molar-refractivity contribution >= 4 is 0 Å². The summed E-state index contributed by atoms with van der Waals surface area (Å²) in [6.07, 6.45) is 3.55. The number of aromatic nitrogens is 3. The number of nitrogens with one attached hydrogen (secondary N) is 1. The van der Waals surface area contributed by atoms with Crippen LogP contribution in [0.25, 0.3) is 11.4 Å². The minimum Gasteiger partial charge on any atom is -0.310 e. The second-order valence-electron chi connectivity index (χ2n) is 4.97. The number of hydrogen-bond acceptors (Lipinski definition) is 4. The van der Waals surface area contributed by atoms with Gasteiger partial charge in [-0.25, -0.2) is 9.97 Å². The third-order valence-corrected chi connectivity index (χ3v) is 3.03. The van der Waals surface area contributed by atoms with E-state index in [1.807, 2.05) is 26.0 Å². The molecule has 4 heteroatoms. The lowest BCUT2D eigenvalue weighted by molar-refractivity contribution is 0.583. The highest BCUT2D eigenvalue weighted by Crippen LogP contribution is 2.17. The van der Waals surface area contributed by atoms with E-state index in [1.165, 1.54) is 5.56 Å². The summed E-state index contributed by atoms with van der Waals surface area (Å²) in [4.78, 5) is 13.3. The minimum atomic E-state index is 0.455. The highest BCUT2D eigenvalue weighted by atomic mass is 14.9. The molecule has 0 aliphatic heterocycles. The maximum absolute atomic E-state index is 4.59. The van der Waals surface area contributed by atoms with Crippen LogP contribution in [0.4, 0.5) is 0 Å². The molecule has 0 fully saturated rings. The minimum absolute atomic E-state index is 0.455. The summed E-state index contributed by atoms with van der Waals surface area (Å²) in [5, 5.41) is 3.41. The van der Waals surface area contributed by atoms with Crippen LogP contribution in [0.1, 0.15) is 30.8 Å². The highest BCUT2D eigenvalue weighted by molar-refractivity contribution is 5.54. The van der Waals surface area contributed by atoms with E-state index < -0.39 is 0 Å². The number of pyridine rings is 1. The van der Waals surface area contributed by atoms with E-state index in [0.717, 1.165) is 29.3 Å². The number of rotatable bonds is 4. The van der Waals surface area contributed by atoms with Crippen molar-refractivity contribution in [3.05, 3.63) is 41.5 Å². The Kier molecular flexibility index (Phi) is 4.22.